The van der Waals surface area contributed by atoms with Gasteiger partial charge < -0.3 is 10.1 Å². The zero-order valence-electron chi connectivity index (χ0n) is 13.7. The first-order chi connectivity index (χ1) is 10.7. The normalized spacial score (nSPS) is 18.9. The van der Waals surface area contributed by atoms with E-state index in [9.17, 15) is 4.79 Å². The Morgan fingerprint density at radius 2 is 2.32 bits per heavy atom. The Balaban J connectivity index is 1.81. The molecule has 1 amide bonds. The second-order valence-electron chi connectivity index (χ2n) is 5.67. The molecule has 0 saturated carbocycles. The lowest BCUT2D eigenvalue weighted by Gasteiger charge is -2.35. The standard InChI is InChI=1S/C17H27N3O2/c1-3-15-7-5-6-11-20(15)12-10-19-17(21)14-8-9-18-16(13-14)22-4-2/h8-9,13,15H,3-7,10-12H2,1-2H3,(H,19,21). The van der Waals surface area contributed by atoms with Gasteiger partial charge in [-0.05, 0) is 38.8 Å². The van der Waals surface area contributed by atoms with Gasteiger partial charge in [0.1, 0.15) is 0 Å². The Morgan fingerprint density at radius 1 is 1.45 bits per heavy atom. The quantitative estimate of drug-likeness (QED) is 0.841. The molecule has 1 N–H and O–H groups in total. The van der Waals surface area contributed by atoms with Gasteiger partial charge in [-0.1, -0.05) is 13.3 Å². The largest absolute Gasteiger partial charge is 0.478 e. The van der Waals surface area contributed by atoms with Crippen molar-refractivity contribution in [1.82, 2.24) is 15.2 Å². The summed E-state index contributed by atoms with van der Waals surface area (Å²) in [7, 11) is 0. The van der Waals surface area contributed by atoms with Crippen molar-refractivity contribution in [3.05, 3.63) is 23.9 Å². The molecule has 1 aliphatic heterocycles. The monoisotopic (exact) mass is 305 g/mol. The lowest BCUT2D eigenvalue weighted by Crippen LogP contribution is -2.43. The number of amides is 1. The van der Waals surface area contributed by atoms with Crippen LogP contribution in [0.2, 0.25) is 0 Å². The fraction of sp³-hybridized carbons (Fsp3) is 0.647. The minimum Gasteiger partial charge on any atom is -0.478 e. The molecular formula is C17H27N3O2. The van der Waals surface area contributed by atoms with Gasteiger partial charge in [-0.3, -0.25) is 9.69 Å². The van der Waals surface area contributed by atoms with Crippen molar-refractivity contribution in [3.63, 3.8) is 0 Å². The van der Waals surface area contributed by atoms with Crippen molar-refractivity contribution in [2.45, 2.75) is 45.6 Å². The van der Waals surface area contributed by atoms with Gasteiger partial charge in [0.05, 0.1) is 6.61 Å². The van der Waals surface area contributed by atoms with Crippen LogP contribution in [0.3, 0.4) is 0 Å². The summed E-state index contributed by atoms with van der Waals surface area (Å²) < 4.78 is 5.33. The van der Waals surface area contributed by atoms with Gasteiger partial charge in [-0.25, -0.2) is 4.98 Å². The summed E-state index contributed by atoms with van der Waals surface area (Å²) >= 11 is 0. The Morgan fingerprint density at radius 3 is 3.09 bits per heavy atom. The van der Waals surface area contributed by atoms with Crippen LogP contribution in [-0.2, 0) is 0 Å². The first kappa shape index (κ1) is 16.7. The molecule has 2 heterocycles. The van der Waals surface area contributed by atoms with E-state index >= 15 is 0 Å². The average Bonchev–Trinajstić information content (AvgIpc) is 2.56. The van der Waals surface area contributed by atoms with Crippen LogP contribution in [-0.4, -0.2) is 48.1 Å². The van der Waals surface area contributed by atoms with Crippen LogP contribution in [0.1, 0.15) is 49.9 Å². The lowest BCUT2D eigenvalue weighted by molar-refractivity contribution is 0.0933. The SMILES string of the molecule is CCOc1cc(C(=O)NCCN2CCCCC2CC)ccn1. The predicted octanol–water partition coefficient (Wildman–Crippen LogP) is 2.47. The van der Waals surface area contributed by atoms with E-state index in [0.29, 0.717) is 30.6 Å². The third kappa shape index (κ3) is 4.70. The van der Waals surface area contributed by atoms with Crippen molar-refractivity contribution in [2.24, 2.45) is 0 Å². The van der Waals surface area contributed by atoms with Crippen molar-refractivity contribution in [3.8, 4) is 5.88 Å². The van der Waals surface area contributed by atoms with E-state index in [1.54, 1.807) is 18.3 Å². The Hall–Kier alpha value is -1.62. The molecule has 0 aliphatic carbocycles. The van der Waals surface area contributed by atoms with E-state index in [-0.39, 0.29) is 5.91 Å². The molecule has 0 aromatic carbocycles. The number of piperidine rings is 1. The highest BCUT2D eigenvalue weighted by atomic mass is 16.5. The molecule has 22 heavy (non-hydrogen) atoms. The molecule has 1 fully saturated rings. The smallest absolute Gasteiger partial charge is 0.251 e. The third-order valence-corrected chi connectivity index (χ3v) is 4.19. The molecule has 5 heteroatoms. The van der Waals surface area contributed by atoms with Gasteiger partial charge in [0.15, 0.2) is 0 Å². The second-order valence-corrected chi connectivity index (χ2v) is 5.67. The summed E-state index contributed by atoms with van der Waals surface area (Å²) in [4.78, 5) is 18.8. The van der Waals surface area contributed by atoms with E-state index in [0.717, 1.165) is 13.1 Å². The lowest BCUT2D eigenvalue weighted by atomic mass is 10.0. The third-order valence-electron chi connectivity index (χ3n) is 4.19. The van der Waals surface area contributed by atoms with Crippen LogP contribution in [0.4, 0.5) is 0 Å². The Bertz CT molecular complexity index is 479. The number of nitrogens with zero attached hydrogens (tertiary/aromatic N) is 2. The highest BCUT2D eigenvalue weighted by molar-refractivity contribution is 5.94. The molecule has 122 valence electrons. The number of carbonyl (C=O) groups is 1. The van der Waals surface area contributed by atoms with E-state index in [4.69, 9.17) is 4.74 Å². The summed E-state index contributed by atoms with van der Waals surface area (Å²) in [5.74, 6) is 0.436. The van der Waals surface area contributed by atoms with Crippen molar-refractivity contribution in [2.75, 3.05) is 26.2 Å². The Labute approximate surface area is 133 Å². The van der Waals surface area contributed by atoms with E-state index in [2.05, 4.69) is 22.1 Å². The number of nitrogens with one attached hydrogen (secondary N) is 1. The van der Waals surface area contributed by atoms with Crippen molar-refractivity contribution >= 4 is 5.91 Å². The Kier molecular flexibility index (Phi) is 6.65. The van der Waals surface area contributed by atoms with Gasteiger partial charge >= 0.3 is 0 Å². The topological polar surface area (TPSA) is 54.5 Å². The minimum atomic E-state index is -0.0617. The zero-order valence-corrected chi connectivity index (χ0v) is 13.7. The highest BCUT2D eigenvalue weighted by Crippen LogP contribution is 2.18. The molecule has 0 radical (unpaired) electrons. The summed E-state index contributed by atoms with van der Waals surface area (Å²) in [5, 5.41) is 3.00. The average molecular weight is 305 g/mol. The second kappa shape index (κ2) is 8.73. The molecule has 1 saturated heterocycles. The minimum absolute atomic E-state index is 0.0617. The number of hydrogen-bond donors (Lipinski definition) is 1. The van der Waals surface area contributed by atoms with Gasteiger partial charge in [0.25, 0.3) is 5.91 Å². The van der Waals surface area contributed by atoms with Crippen LogP contribution < -0.4 is 10.1 Å². The van der Waals surface area contributed by atoms with Gasteiger partial charge in [0, 0.05) is 37.0 Å². The van der Waals surface area contributed by atoms with E-state index < -0.39 is 0 Å². The molecule has 1 atom stereocenters. The molecule has 1 aliphatic rings. The van der Waals surface area contributed by atoms with Crippen LogP contribution >= 0.6 is 0 Å². The van der Waals surface area contributed by atoms with Crippen molar-refractivity contribution < 1.29 is 9.53 Å². The number of rotatable bonds is 7. The molecule has 5 nitrogen and oxygen atoms in total. The number of ether oxygens (including phenoxy) is 1. The maximum atomic E-state index is 12.2. The van der Waals surface area contributed by atoms with E-state index in [1.807, 2.05) is 6.92 Å². The van der Waals surface area contributed by atoms with Crippen LogP contribution in [0.15, 0.2) is 18.3 Å². The van der Waals surface area contributed by atoms with Gasteiger partial charge in [-0.2, -0.15) is 0 Å². The number of pyridine rings is 1. The summed E-state index contributed by atoms with van der Waals surface area (Å²) in [6.45, 7) is 7.45. The summed E-state index contributed by atoms with van der Waals surface area (Å²) in [6, 6.07) is 4.08. The van der Waals surface area contributed by atoms with Crippen LogP contribution in [0.5, 0.6) is 5.88 Å². The van der Waals surface area contributed by atoms with Gasteiger partial charge in [-0.15, -0.1) is 0 Å². The molecule has 1 unspecified atom stereocenters. The molecule has 1 aromatic rings. The summed E-state index contributed by atoms with van der Waals surface area (Å²) in [5.41, 5.74) is 0.601. The highest BCUT2D eigenvalue weighted by Gasteiger charge is 2.20. The van der Waals surface area contributed by atoms with Crippen LogP contribution in [0, 0.1) is 0 Å². The first-order valence-electron chi connectivity index (χ1n) is 8.35. The number of hydrogen-bond acceptors (Lipinski definition) is 4. The van der Waals surface area contributed by atoms with E-state index in [1.165, 1.54) is 25.7 Å². The molecular weight excluding hydrogens is 278 g/mol. The number of likely N-dealkylation sites (tertiary alicyclic amines) is 1. The van der Waals surface area contributed by atoms with Crippen LogP contribution in [0.25, 0.3) is 0 Å². The van der Waals surface area contributed by atoms with Gasteiger partial charge in [0.2, 0.25) is 5.88 Å². The number of aromatic nitrogens is 1. The molecule has 1 aromatic heterocycles. The zero-order chi connectivity index (χ0) is 15.8. The molecule has 0 bridgehead atoms. The fourth-order valence-corrected chi connectivity index (χ4v) is 3.01. The number of carbonyl (C=O) groups excluding carboxylic acids is 1. The molecule has 0 spiro atoms. The maximum Gasteiger partial charge on any atom is 0.251 e. The predicted molar refractivity (Wildman–Crippen MR) is 87.2 cm³/mol. The first-order valence-corrected chi connectivity index (χ1v) is 8.35. The maximum absolute atomic E-state index is 12.2. The summed E-state index contributed by atoms with van der Waals surface area (Å²) in [6.07, 6.45) is 6.69. The van der Waals surface area contributed by atoms with Crippen molar-refractivity contribution in [1.29, 1.82) is 0 Å². The fourth-order valence-electron chi connectivity index (χ4n) is 3.01. The molecule has 2 rings (SSSR count).